The Balaban J connectivity index is 1.72. The molecule has 1 N–H and O–H groups in total. The van der Waals surface area contributed by atoms with Gasteiger partial charge >= 0.3 is 0 Å². The summed E-state index contributed by atoms with van der Waals surface area (Å²) in [6.07, 6.45) is 10.2. The maximum atomic E-state index is 12.5. The van der Waals surface area contributed by atoms with Crippen molar-refractivity contribution in [2.75, 3.05) is 12.9 Å². The van der Waals surface area contributed by atoms with Gasteiger partial charge in [0.1, 0.15) is 11.4 Å². The van der Waals surface area contributed by atoms with Crippen LogP contribution in [0.1, 0.15) is 54.7 Å². The van der Waals surface area contributed by atoms with Crippen LogP contribution in [-0.4, -0.2) is 34.8 Å². The molecule has 1 unspecified atom stereocenters. The summed E-state index contributed by atoms with van der Waals surface area (Å²) in [5, 5.41) is 4.90. The molecule has 6 heteroatoms. The van der Waals surface area contributed by atoms with Crippen molar-refractivity contribution in [2.24, 2.45) is 5.92 Å². The van der Waals surface area contributed by atoms with Gasteiger partial charge in [0.15, 0.2) is 0 Å². The quantitative estimate of drug-likeness (QED) is 0.792. The van der Waals surface area contributed by atoms with Crippen LogP contribution in [-0.2, 0) is 0 Å². The fourth-order valence-corrected chi connectivity index (χ4v) is 2.59. The molecule has 1 atom stereocenters. The number of nitrogens with zero attached hydrogens (tertiary/aromatic N) is 2. The average molecular weight is 333 g/mol. The van der Waals surface area contributed by atoms with Crippen LogP contribution in [0.3, 0.4) is 0 Å². The van der Waals surface area contributed by atoms with Gasteiger partial charge in [-0.25, -0.2) is 4.98 Å². The standard InChI is InChI=1S/C17H23N3O2S/c1-11(7-8-23-2)19-16(21)14-9-18-15(13-5-6-13)20-17(14)22-10-12-3-4-12/h7-9,11-13H,3-6,10H2,1-2H3,(H,19,21)/b8-7+. The monoisotopic (exact) mass is 333 g/mol. The zero-order valence-electron chi connectivity index (χ0n) is 13.6. The summed E-state index contributed by atoms with van der Waals surface area (Å²) in [6, 6.07) is -0.0469. The fourth-order valence-electron chi connectivity index (χ4n) is 2.19. The van der Waals surface area contributed by atoms with Crippen LogP contribution < -0.4 is 10.1 Å². The first-order chi connectivity index (χ1) is 11.2. The Morgan fingerprint density at radius 2 is 2.26 bits per heavy atom. The lowest BCUT2D eigenvalue weighted by molar-refractivity contribution is 0.0941. The topological polar surface area (TPSA) is 64.1 Å². The van der Waals surface area contributed by atoms with Crippen molar-refractivity contribution >= 4 is 17.7 Å². The number of rotatable bonds is 8. The highest BCUT2D eigenvalue weighted by Crippen LogP contribution is 2.39. The Morgan fingerprint density at radius 1 is 1.48 bits per heavy atom. The molecule has 5 nitrogen and oxygen atoms in total. The first-order valence-electron chi connectivity index (χ1n) is 8.17. The number of amides is 1. The van der Waals surface area contributed by atoms with Crippen LogP contribution in [0.5, 0.6) is 5.88 Å². The van der Waals surface area contributed by atoms with Gasteiger partial charge in [0, 0.05) is 18.2 Å². The molecule has 0 spiro atoms. The minimum Gasteiger partial charge on any atom is -0.477 e. The first-order valence-corrected chi connectivity index (χ1v) is 9.46. The van der Waals surface area contributed by atoms with Gasteiger partial charge < -0.3 is 10.1 Å². The molecule has 2 aliphatic carbocycles. The maximum Gasteiger partial charge on any atom is 0.258 e. The molecule has 1 aromatic rings. The smallest absolute Gasteiger partial charge is 0.258 e. The molecule has 0 saturated heterocycles. The predicted molar refractivity (Wildman–Crippen MR) is 91.8 cm³/mol. The van der Waals surface area contributed by atoms with Gasteiger partial charge in [0.05, 0.1) is 6.61 Å². The molecular weight excluding hydrogens is 310 g/mol. The second-order valence-corrected chi connectivity index (χ2v) is 7.05. The Kier molecular flexibility index (Phi) is 5.20. The molecule has 1 amide bonds. The number of carbonyl (C=O) groups excluding carboxylic acids is 1. The fraction of sp³-hybridized carbons (Fsp3) is 0.588. The highest BCUT2D eigenvalue weighted by Gasteiger charge is 2.29. The van der Waals surface area contributed by atoms with E-state index in [1.54, 1.807) is 18.0 Å². The zero-order chi connectivity index (χ0) is 16.2. The lowest BCUT2D eigenvalue weighted by Gasteiger charge is -2.13. The minimum absolute atomic E-state index is 0.0469. The van der Waals surface area contributed by atoms with E-state index in [1.165, 1.54) is 12.8 Å². The number of nitrogens with one attached hydrogen (secondary N) is 1. The summed E-state index contributed by atoms with van der Waals surface area (Å²) in [5.41, 5.74) is 0.430. The third-order valence-corrected chi connectivity index (χ3v) is 4.40. The van der Waals surface area contributed by atoms with E-state index in [9.17, 15) is 4.79 Å². The molecule has 3 rings (SSSR count). The van der Waals surface area contributed by atoms with Crippen molar-refractivity contribution < 1.29 is 9.53 Å². The largest absolute Gasteiger partial charge is 0.477 e. The molecular formula is C17H23N3O2S. The number of hydrogen-bond donors (Lipinski definition) is 1. The van der Waals surface area contributed by atoms with E-state index < -0.39 is 0 Å². The molecule has 2 fully saturated rings. The Labute approximate surface area is 141 Å². The van der Waals surface area contributed by atoms with Crippen LogP contribution in [0.2, 0.25) is 0 Å². The van der Waals surface area contributed by atoms with Gasteiger partial charge in [-0.05, 0) is 50.2 Å². The summed E-state index contributed by atoms with van der Waals surface area (Å²) in [5.74, 6) is 2.12. The Hall–Kier alpha value is -1.56. The molecule has 1 aromatic heterocycles. The van der Waals surface area contributed by atoms with E-state index in [-0.39, 0.29) is 11.9 Å². The van der Waals surface area contributed by atoms with Crippen LogP contribution in [0.25, 0.3) is 0 Å². The normalized spacial score (nSPS) is 18.9. The molecule has 2 aliphatic rings. The van der Waals surface area contributed by atoms with Crippen molar-refractivity contribution in [2.45, 2.75) is 44.6 Å². The number of thioether (sulfide) groups is 1. The third kappa shape index (κ3) is 4.70. The van der Waals surface area contributed by atoms with Gasteiger partial charge in [-0.1, -0.05) is 6.08 Å². The summed E-state index contributed by atoms with van der Waals surface area (Å²) < 4.78 is 5.83. The molecule has 0 aliphatic heterocycles. The number of hydrogen-bond acceptors (Lipinski definition) is 5. The molecule has 2 saturated carbocycles. The van der Waals surface area contributed by atoms with Gasteiger partial charge in [-0.3, -0.25) is 4.79 Å². The SMILES string of the molecule is CS/C=C/C(C)NC(=O)c1cnc(C2CC2)nc1OCC1CC1. The van der Waals surface area contributed by atoms with Crippen molar-refractivity contribution in [1.29, 1.82) is 0 Å². The highest BCUT2D eigenvalue weighted by atomic mass is 32.2. The third-order valence-electron chi connectivity index (χ3n) is 3.97. The average Bonchev–Trinajstić information content (AvgIpc) is 3.43. The number of ether oxygens (including phenoxy) is 1. The molecule has 23 heavy (non-hydrogen) atoms. The Morgan fingerprint density at radius 3 is 2.91 bits per heavy atom. The minimum atomic E-state index is -0.184. The number of aromatic nitrogens is 2. The van der Waals surface area contributed by atoms with Crippen LogP contribution in [0, 0.1) is 5.92 Å². The van der Waals surface area contributed by atoms with Crippen molar-refractivity contribution in [3.05, 3.63) is 29.1 Å². The van der Waals surface area contributed by atoms with E-state index >= 15 is 0 Å². The lowest BCUT2D eigenvalue weighted by atomic mass is 10.2. The Bertz CT molecular complexity index is 598. The van der Waals surface area contributed by atoms with Gasteiger partial charge in [0.25, 0.3) is 5.91 Å². The highest BCUT2D eigenvalue weighted by molar-refractivity contribution is 8.01. The second-order valence-electron chi connectivity index (χ2n) is 6.30. The molecule has 124 valence electrons. The van der Waals surface area contributed by atoms with E-state index in [0.29, 0.717) is 29.9 Å². The predicted octanol–water partition coefficient (Wildman–Crippen LogP) is 3.14. The van der Waals surface area contributed by atoms with Crippen molar-refractivity contribution in [3.8, 4) is 5.88 Å². The molecule has 0 radical (unpaired) electrons. The summed E-state index contributed by atoms with van der Waals surface area (Å²) in [4.78, 5) is 21.4. The summed E-state index contributed by atoms with van der Waals surface area (Å²) in [6.45, 7) is 2.58. The molecule has 1 heterocycles. The van der Waals surface area contributed by atoms with Crippen LogP contribution >= 0.6 is 11.8 Å². The van der Waals surface area contributed by atoms with E-state index in [4.69, 9.17) is 4.74 Å². The van der Waals surface area contributed by atoms with Crippen molar-refractivity contribution in [3.63, 3.8) is 0 Å². The lowest BCUT2D eigenvalue weighted by Crippen LogP contribution is -2.31. The summed E-state index contributed by atoms with van der Waals surface area (Å²) in [7, 11) is 0. The molecule has 0 aromatic carbocycles. The molecule has 0 bridgehead atoms. The second kappa shape index (κ2) is 7.34. The maximum absolute atomic E-state index is 12.5. The first kappa shape index (κ1) is 16.3. The van der Waals surface area contributed by atoms with Gasteiger partial charge in [-0.15, -0.1) is 11.8 Å². The van der Waals surface area contributed by atoms with Gasteiger partial charge in [0.2, 0.25) is 5.88 Å². The van der Waals surface area contributed by atoms with Gasteiger partial charge in [-0.2, -0.15) is 4.98 Å². The van der Waals surface area contributed by atoms with Crippen LogP contribution in [0.15, 0.2) is 17.7 Å². The van der Waals surface area contributed by atoms with E-state index in [0.717, 1.165) is 18.7 Å². The van der Waals surface area contributed by atoms with E-state index in [2.05, 4.69) is 15.3 Å². The summed E-state index contributed by atoms with van der Waals surface area (Å²) >= 11 is 1.61. The van der Waals surface area contributed by atoms with E-state index in [1.807, 2.05) is 24.7 Å². The number of carbonyl (C=O) groups is 1. The van der Waals surface area contributed by atoms with Crippen LogP contribution in [0.4, 0.5) is 0 Å². The zero-order valence-corrected chi connectivity index (χ0v) is 14.4. The van der Waals surface area contributed by atoms with Crippen molar-refractivity contribution in [1.82, 2.24) is 15.3 Å².